The molecule has 182 valence electrons. The first-order valence-corrected chi connectivity index (χ1v) is 11.1. The molecule has 0 saturated carbocycles. The molecule has 8 nitrogen and oxygen atoms in total. The summed E-state index contributed by atoms with van der Waals surface area (Å²) in [6, 6.07) is 7.83. The summed E-state index contributed by atoms with van der Waals surface area (Å²) >= 11 is 0. The molecule has 1 atom stereocenters. The number of halogens is 3. The van der Waals surface area contributed by atoms with Gasteiger partial charge in [0.1, 0.15) is 5.75 Å². The molecule has 0 aliphatic carbocycles. The smallest absolute Gasteiger partial charge is 0.453 e. The summed E-state index contributed by atoms with van der Waals surface area (Å²) in [7, 11) is 1.62. The van der Waals surface area contributed by atoms with Crippen molar-refractivity contribution in [1.82, 2.24) is 29.8 Å². The first-order valence-electron chi connectivity index (χ1n) is 11.1. The van der Waals surface area contributed by atoms with Crippen LogP contribution in [0.4, 0.5) is 13.2 Å². The van der Waals surface area contributed by atoms with E-state index in [1.165, 1.54) is 0 Å². The Balaban J connectivity index is 1.50. The van der Waals surface area contributed by atoms with Gasteiger partial charge in [-0.1, -0.05) is 12.1 Å². The molecule has 1 saturated heterocycles. The van der Waals surface area contributed by atoms with Crippen LogP contribution in [0.25, 0.3) is 5.78 Å². The lowest BCUT2D eigenvalue weighted by Gasteiger charge is -2.28. The molecule has 1 unspecified atom stereocenters. The van der Waals surface area contributed by atoms with Gasteiger partial charge in [0, 0.05) is 23.5 Å². The van der Waals surface area contributed by atoms with Crippen LogP contribution in [-0.4, -0.2) is 57.1 Å². The van der Waals surface area contributed by atoms with Gasteiger partial charge >= 0.3 is 6.18 Å². The molecule has 3 aromatic rings. The van der Waals surface area contributed by atoms with Gasteiger partial charge in [0.2, 0.25) is 5.91 Å². The Morgan fingerprint density at radius 3 is 2.44 bits per heavy atom. The topological polar surface area (TPSA) is 84.6 Å². The van der Waals surface area contributed by atoms with Crippen LogP contribution in [0.2, 0.25) is 0 Å². The second-order valence-corrected chi connectivity index (χ2v) is 8.42. The fraction of sp³-hybridized carbons (Fsp3) is 0.478. The van der Waals surface area contributed by atoms with Crippen LogP contribution in [0.3, 0.4) is 0 Å². The number of likely N-dealkylation sites (tertiary alicyclic amines) is 1. The van der Waals surface area contributed by atoms with E-state index in [0.29, 0.717) is 23.5 Å². The standard InChI is InChI=1S/C23H27F3N6O2/c1-14-18(15(2)32-22(28-14)29-21(30-32)23(24,25)26)12-20(33)27-13-19(31-10-4-5-11-31)16-6-8-17(34-3)9-7-16/h6-9,19H,4-5,10-13H2,1-3H3,(H,27,33). The number of hydrogen-bond acceptors (Lipinski definition) is 6. The second kappa shape index (κ2) is 9.57. The van der Waals surface area contributed by atoms with Gasteiger partial charge in [0.25, 0.3) is 11.6 Å². The Bertz CT molecular complexity index is 1170. The van der Waals surface area contributed by atoms with E-state index in [4.69, 9.17) is 4.74 Å². The minimum atomic E-state index is -4.67. The molecule has 1 amide bonds. The monoisotopic (exact) mass is 476 g/mol. The minimum Gasteiger partial charge on any atom is -0.497 e. The molecule has 2 aromatic heterocycles. The molecule has 3 heterocycles. The van der Waals surface area contributed by atoms with Crippen LogP contribution >= 0.6 is 0 Å². The molecule has 0 spiro atoms. The first-order chi connectivity index (χ1) is 16.2. The van der Waals surface area contributed by atoms with E-state index in [9.17, 15) is 18.0 Å². The van der Waals surface area contributed by atoms with Gasteiger partial charge < -0.3 is 10.1 Å². The lowest BCUT2D eigenvalue weighted by molar-refractivity contribution is -0.144. The van der Waals surface area contributed by atoms with E-state index in [1.54, 1.807) is 21.0 Å². The van der Waals surface area contributed by atoms with E-state index >= 15 is 0 Å². The third-order valence-corrected chi connectivity index (χ3v) is 6.21. The highest BCUT2D eigenvalue weighted by atomic mass is 19.4. The highest BCUT2D eigenvalue weighted by Gasteiger charge is 2.37. The molecule has 0 bridgehead atoms. The molecule has 1 aromatic carbocycles. The lowest BCUT2D eigenvalue weighted by Crippen LogP contribution is -2.37. The summed E-state index contributed by atoms with van der Waals surface area (Å²) in [5, 5.41) is 6.54. The molecule has 0 radical (unpaired) electrons. The van der Waals surface area contributed by atoms with Crippen molar-refractivity contribution in [2.45, 2.75) is 45.3 Å². The summed E-state index contributed by atoms with van der Waals surface area (Å²) in [6.07, 6.45) is -2.46. The fourth-order valence-electron chi connectivity index (χ4n) is 4.35. The Hall–Kier alpha value is -3.21. The number of benzene rings is 1. The van der Waals surface area contributed by atoms with Gasteiger partial charge in [-0.25, -0.2) is 9.50 Å². The Labute approximate surface area is 195 Å². The van der Waals surface area contributed by atoms with Crippen molar-refractivity contribution in [2.75, 3.05) is 26.7 Å². The van der Waals surface area contributed by atoms with Crippen molar-refractivity contribution in [2.24, 2.45) is 0 Å². The number of carbonyl (C=O) groups excluding carboxylic acids is 1. The Morgan fingerprint density at radius 2 is 1.82 bits per heavy atom. The largest absolute Gasteiger partial charge is 0.497 e. The number of rotatable bonds is 7. The number of fused-ring (bicyclic) bond motifs is 1. The molecule has 1 N–H and O–H groups in total. The van der Waals surface area contributed by atoms with Crippen molar-refractivity contribution < 1.29 is 22.7 Å². The van der Waals surface area contributed by atoms with E-state index in [-0.39, 0.29) is 24.1 Å². The van der Waals surface area contributed by atoms with Crippen LogP contribution in [0, 0.1) is 13.8 Å². The summed E-state index contributed by atoms with van der Waals surface area (Å²) < 4.78 is 45.3. The highest BCUT2D eigenvalue weighted by molar-refractivity contribution is 5.79. The number of alkyl halides is 3. The fourth-order valence-corrected chi connectivity index (χ4v) is 4.35. The average molecular weight is 477 g/mol. The van der Waals surface area contributed by atoms with Gasteiger partial charge in [-0.3, -0.25) is 9.69 Å². The molecule has 1 aliphatic heterocycles. The highest BCUT2D eigenvalue weighted by Crippen LogP contribution is 2.28. The molecule has 34 heavy (non-hydrogen) atoms. The predicted octanol–water partition coefficient (Wildman–Crippen LogP) is 3.26. The van der Waals surface area contributed by atoms with E-state index < -0.39 is 12.0 Å². The number of carbonyl (C=O) groups is 1. The van der Waals surface area contributed by atoms with Crippen LogP contribution in [-0.2, 0) is 17.4 Å². The van der Waals surface area contributed by atoms with Crippen molar-refractivity contribution in [3.63, 3.8) is 0 Å². The molecule has 1 aliphatic rings. The number of methoxy groups -OCH3 is 1. The number of nitrogens with one attached hydrogen (secondary N) is 1. The van der Waals surface area contributed by atoms with Crippen LogP contribution in [0.15, 0.2) is 24.3 Å². The third-order valence-electron chi connectivity index (χ3n) is 6.21. The van der Waals surface area contributed by atoms with E-state index in [2.05, 4.69) is 25.3 Å². The molecular weight excluding hydrogens is 449 g/mol. The Kier molecular flexibility index (Phi) is 6.74. The summed E-state index contributed by atoms with van der Waals surface area (Å²) in [4.78, 5) is 22.8. The summed E-state index contributed by atoms with van der Waals surface area (Å²) in [6.45, 7) is 5.60. The van der Waals surface area contributed by atoms with Crippen molar-refractivity contribution >= 4 is 11.7 Å². The van der Waals surface area contributed by atoms with Crippen molar-refractivity contribution in [3.8, 4) is 5.75 Å². The average Bonchev–Trinajstić information content (AvgIpc) is 3.47. The third kappa shape index (κ3) is 4.98. The number of hydrogen-bond donors (Lipinski definition) is 1. The quantitative estimate of drug-likeness (QED) is 0.564. The second-order valence-electron chi connectivity index (χ2n) is 8.42. The molecule has 11 heteroatoms. The van der Waals surface area contributed by atoms with Crippen molar-refractivity contribution in [1.29, 1.82) is 0 Å². The van der Waals surface area contributed by atoms with Gasteiger partial charge in [-0.05, 0) is 57.5 Å². The number of aryl methyl sites for hydroxylation is 2. The molecule has 4 rings (SSSR count). The number of nitrogens with zero attached hydrogens (tertiary/aromatic N) is 5. The Morgan fingerprint density at radius 1 is 1.15 bits per heavy atom. The van der Waals surface area contributed by atoms with Gasteiger partial charge in [0.15, 0.2) is 0 Å². The van der Waals surface area contributed by atoms with E-state index in [0.717, 1.165) is 41.8 Å². The van der Waals surface area contributed by atoms with Crippen molar-refractivity contribution in [3.05, 3.63) is 52.6 Å². The zero-order chi connectivity index (χ0) is 24.5. The zero-order valence-corrected chi connectivity index (χ0v) is 19.3. The lowest BCUT2D eigenvalue weighted by atomic mass is 10.0. The summed E-state index contributed by atoms with van der Waals surface area (Å²) in [5.74, 6) is -0.859. The first kappa shape index (κ1) is 23.9. The minimum absolute atomic E-state index is 0.0167. The SMILES string of the molecule is COc1ccc(C(CNC(=O)Cc2c(C)nc3nc(C(F)(F)F)nn3c2C)N2CCCC2)cc1. The normalized spacial score (nSPS) is 15.6. The maximum atomic E-state index is 13.0. The number of aromatic nitrogens is 4. The maximum Gasteiger partial charge on any atom is 0.453 e. The number of ether oxygens (including phenoxy) is 1. The van der Waals surface area contributed by atoms with Gasteiger partial charge in [-0.15, -0.1) is 5.10 Å². The summed E-state index contributed by atoms with van der Waals surface area (Å²) in [5.41, 5.74) is 2.48. The van der Waals surface area contributed by atoms with Gasteiger partial charge in [-0.2, -0.15) is 18.2 Å². The van der Waals surface area contributed by atoms with Gasteiger partial charge in [0.05, 0.1) is 19.6 Å². The van der Waals surface area contributed by atoms with Crippen LogP contribution in [0.1, 0.15) is 47.2 Å². The molecule has 1 fully saturated rings. The van der Waals surface area contributed by atoms with E-state index in [1.807, 2.05) is 24.3 Å². The molecular formula is C23H27F3N6O2. The maximum absolute atomic E-state index is 13.0. The predicted molar refractivity (Wildman–Crippen MR) is 119 cm³/mol. The number of amides is 1. The van der Waals surface area contributed by atoms with Crippen LogP contribution in [0.5, 0.6) is 5.75 Å². The van der Waals surface area contributed by atoms with Crippen LogP contribution < -0.4 is 10.1 Å². The zero-order valence-electron chi connectivity index (χ0n) is 19.3.